The average molecular weight is 328 g/mol. The maximum atomic E-state index is 13.9. The van der Waals surface area contributed by atoms with Gasteiger partial charge in [-0.15, -0.1) is 0 Å². The molecular formula is C12H5BrClFN2O. The molecule has 3 nitrogen and oxygen atoms in total. The fraction of sp³-hybridized carbons (Fsp3) is 0. The number of aromatic nitrogens is 1. The molecule has 0 saturated carbocycles. The van der Waals surface area contributed by atoms with Gasteiger partial charge in [0.25, 0.3) is 0 Å². The molecule has 0 bridgehead atoms. The van der Waals surface area contributed by atoms with E-state index in [2.05, 4.69) is 20.9 Å². The second kappa shape index (κ2) is 5.34. The fourth-order valence-electron chi connectivity index (χ4n) is 1.27. The molecule has 2 aromatic rings. The summed E-state index contributed by atoms with van der Waals surface area (Å²) < 4.78 is 19.2. The number of benzene rings is 1. The van der Waals surface area contributed by atoms with Gasteiger partial charge in [-0.05, 0) is 28.1 Å². The molecule has 0 saturated heterocycles. The molecule has 6 heteroatoms. The second-order valence-corrected chi connectivity index (χ2v) is 4.52. The van der Waals surface area contributed by atoms with Crippen molar-refractivity contribution in [2.45, 2.75) is 0 Å². The fourth-order valence-corrected chi connectivity index (χ4v) is 1.85. The van der Waals surface area contributed by atoms with Crippen molar-refractivity contribution in [1.82, 2.24) is 4.98 Å². The lowest BCUT2D eigenvalue weighted by Gasteiger charge is -2.08. The quantitative estimate of drug-likeness (QED) is 0.826. The van der Waals surface area contributed by atoms with Crippen molar-refractivity contribution in [2.75, 3.05) is 0 Å². The van der Waals surface area contributed by atoms with E-state index in [9.17, 15) is 4.39 Å². The number of nitrogens with zero attached hydrogens (tertiary/aromatic N) is 2. The normalized spacial score (nSPS) is 9.89. The van der Waals surface area contributed by atoms with Crippen molar-refractivity contribution >= 4 is 27.5 Å². The summed E-state index contributed by atoms with van der Waals surface area (Å²) in [7, 11) is 0. The smallest absolute Gasteiger partial charge is 0.181 e. The average Bonchev–Trinajstić information content (AvgIpc) is 2.35. The highest BCUT2D eigenvalue weighted by Crippen LogP contribution is 2.31. The highest BCUT2D eigenvalue weighted by molar-refractivity contribution is 9.10. The van der Waals surface area contributed by atoms with Gasteiger partial charge in [0.05, 0.1) is 21.3 Å². The third-order valence-electron chi connectivity index (χ3n) is 2.07. The van der Waals surface area contributed by atoms with Crippen molar-refractivity contribution < 1.29 is 9.13 Å². The van der Waals surface area contributed by atoms with E-state index in [1.165, 1.54) is 30.6 Å². The van der Waals surface area contributed by atoms with Crippen molar-refractivity contribution in [1.29, 1.82) is 5.26 Å². The van der Waals surface area contributed by atoms with Crippen LogP contribution in [0.25, 0.3) is 0 Å². The summed E-state index contributed by atoms with van der Waals surface area (Å²) in [6.45, 7) is 0. The molecule has 0 fully saturated rings. The lowest BCUT2D eigenvalue weighted by molar-refractivity contribution is 0.438. The Balaban J connectivity index is 2.36. The van der Waals surface area contributed by atoms with Crippen molar-refractivity contribution in [3.05, 3.63) is 51.5 Å². The van der Waals surface area contributed by atoms with E-state index in [0.29, 0.717) is 10.8 Å². The van der Waals surface area contributed by atoms with Crippen LogP contribution in [0.2, 0.25) is 5.02 Å². The molecule has 0 amide bonds. The van der Waals surface area contributed by atoms with Gasteiger partial charge in [-0.2, -0.15) is 5.26 Å². The van der Waals surface area contributed by atoms with Crippen molar-refractivity contribution in [3.63, 3.8) is 0 Å². The van der Waals surface area contributed by atoms with Gasteiger partial charge >= 0.3 is 0 Å². The molecule has 1 aromatic carbocycles. The minimum atomic E-state index is -0.644. The zero-order valence-electron chi connectivity index (χ0n) is 8.82. The van der Waals surface area contributed by atoms with Crippen LogP contribution in [0.5, 0.6) is 11.5 Å². The molecule has 0 aliphatic carbocycles. The molecule has 0 aliphatic heterocycles. The first-order chi connectivity index (χ1) is 8.61. The minimum absolute atomic E-state index is 0.00931. The highest BCUT2D eigenvalue weighted by Gasteiger charge is 2.13. The van der Waals surface area contributed by atoms with Gasteiger partial charge < -0.3 is 4.74 Å². The zero-order valence-corrected chi connectivity index (χ0v) is 11.2. The van der Waals surface area contributed by atoms with Crippen molar-refractivity contribution in [3.8, 4) is 17.6 Å². The van der Waals surface area contributed by atoms with Gasteiger partial charge in [0, 0.05) is 12.3 Å². The minimum Gasteiger partial charge on any atom is -0.453 e. The van der Waals surface area contributed by atoms with Gasteiger partial charge in [0.1, 0.15) is 11.8 Å². The van der Waals surface area contributed by atoms with Crippen LogP contribution >= 0.6 is 27.5 Å². The molecule has 90 valence electrons. The monoisotopic (exact) mass is 326 g/mol. The molecule has 1 aromatic heterocycles. The van der Waals surface area contributed by atoms with Gasteiger partial charge in [-0.3, -0.25) is 4.98 Å². The van der Waals surface area contributed by atoms with Crippen LogP contribution in [0.15, 0.2) is 35.1 Å². The lowest BCUT2D eigenvalue weighted by Crippen LogP contribution is -1.92. The third-order valence-corrected chi connectivity index (χ3v) is 3.06. The van der Waals surface area contributed by atoms with Crippen LogP contribution in [0.4, 0.5) is 4.39 Å². The summed E-state index contributed by atoms with van der Waals surface area (Å²) in [5.41, 5.74) is 0.198. The first-order valence-electron chi connectivity index (χ1n) is 4.78. The number of hydrogen-bond acceptors (Lipinski definition) is 3. The largest absolute Gasteiger partial charge is 0.453 e. The molecule has 2 rings (SSSR count). The third kappa shape index (κ3) is 2.61. The Morgan fingerprint density at radius 2 is 2.17 bits per heavy atom. The Morgan fingerprint density at radius 1 is 1.39 bits per heavy atom. The van der Waals surface area contributed by atoms with Gasteiger partial charge in [-0.25, -0.2) is 4.39 Å². The summed E-state index contributed by atoms with van der Waals surface area (Å²) in [6, 6.07) is 6.21. The maximum absolute atomic E-state index is 13.9. The molecule has 0 atom stereocenters. The molecule has 0 unspecified atom stereocenters. The SMILES string of the molecule is N#Cc1ccc(Oc2cncc(Cl)c2)c(F)c1Br. The van der Waals surface area contributed by atoms with Gasteiger partial charge in [0.15, 0.2) is 11.6 Å². The summed E-state index contributed by atoms with van der Waals surface area (Å²) in [5, 5.41) is 9.13. The van der Waals surface area contributed by atoms with Crippen LogP contribution in [0.1, 0.15) is 5.56 Å². The van der Waals surface area contributed by atoms with Crippen LogP contribution < -0.4 is 4.74 Å². The van der Waals surface area contributed by atoms with Crippen LogP contribution in [-0.4, -0.2) is 4.98 Å². The van der Waals surface area contributed by atoms with E-state index in [1.807, 2.05) is 6.07 Å². The van der Waals surface area contributed by atoms with Gasteiger partial charge in [-0.1, -0.05) is 11.6 Å². The molecular weight excluding hydrogens is 322 g/mol. The zero-order chi connectivity index (χ0) is 13.1. The summed E-state index contributed by atoms with van der Waals surface area (Å²) in [6.07, 6.45) is 2.86. The van der Waals surface area contributed by atoms with E-state index >= 15 is 0 Å². The van der Waals surface area contributed by atoms with Crippen LogP contribution in [0, 0.1) is 17.1 Å². The Kier molecular flexibility index (Phi) is 3.80. The van der Waals surface area contributed by atoms with Crippen LogP contribution in [0.3, 0.4) is 0 Å². The lowest BCUT2D eigenvalue weighted by atomic mass is 10.2. The number of pyridine rings is 1. The summed E-state index contributed by atoms with van der Waals surface area (Å²) in [4.78, 5) is 3.82. The van der Waals surface area contributed by atoms with E-state index in [4.69, 9.17) is 21.6 Å². The van der Waals surface area contributed by atoms with Gasteiger partial charge in [0.2, 0.25) is 0 Å². The maximum Gasteiger partial charge on any atom is 0.181 e. The predicted octanol–water partition coefficient (Wildman–Crippen LogP) is 4.30. The number of ether oxygens (including phenoxy) is 1. The number of rotatable bonds is 2. The topological polar surface area (TPSA) is 45.9 Å². The molecule has 1 heterocycles. The number of halogens is 3. The Morgan fingerprint density at radius 3 is 2.83 bits per heavy atom. The Hall–Kier alpha value is -1.64. The summed E-state index contributed by atoms with van der Waals surface area (Å²) in [5.74, 6) is -0.336. The Bertz CT molecular complexity index is 642. The molecule has 18 heavy (non-hydrogen) atoms. The predicted molar refractivity (Wildman–Crippen MR) is 68.1 cm³/mol. The molecule has 0 aliphatic rings. The standard InChI is InChI=1S/C12H5BrClFN2O/c13-11-7(4-16)1-2-10(12(11)15)18-9-3-8(14)5-17-6-9/h1-3,5-6H. The van der Waals surface area contributed by atoms with Crippen molar-refractivity contribution in [2.24, 2.45) is 0 Å². The number of nitriles is 1. The molecule has 0 spiro atoms. The first kappa shape index (κ1) is 12.8. The highest BCUT2D eigenvalue weighted by atomic mass is 79.9. The molecule has 0 N–H and O–H groups in total. The Labute approximate surface area is 116 Å². The summed E-state index contributed by atoms with van der Waals surface area (Å²) >= 11 is 8.74. The van der Waals surface area contributed by atoms with E-state index < -0.39 is 5.82 Å². The molecule has 0 radical (unpaired) electrons. The van der Waals surface area contributed by atoms with Crippen LogP contribution in [-0.2, 0) is 0 Å². The number of hydrogen-bond donors (Lipinski definition) is 0. The first-order valence-corrected chi connectivity index (χ1v) is 5.95. The van der Waals surface area contributed by atoms with E-state index in [0.717, 1.165) is 0 Å². The van der Waals surface area contributed by atoms with E-state index in [1.54, 1.807) is 0 Å². The van der Waals surface area contributed by atoms with E-state index in [-0.39, 0.29) is 15.8 Å². The second-order valence-electron chi connectivity index (χ2n) is 3.29.